The van der Waals surface area contributed by atoms with E-state index in [1.54, 1.807) is 0 Å². The SMILES string of the molecule is COC(=O)CN(CC#N)C(=O)CC1CCCC1. The smallest absolute Gasteiger partial charge is 0.325 e. The summed E-state index contributed by atoms with van der Waals surface area (Å²) < 4.78 is 4.50. The number of esters is 1. The number of hydrogen-bond donors (Lipinski definition) is 0. The molecule has 1 fully saturated rings. The maximum atomic E-state index is 11.9. The van der Waals surface area contributed by atoms with Crippen LogP contribution in [-0.2, 0) is 14.3 Å². The van der Waals surface area contributed by atoms with Gasteiger partial charge in [0.1, 0.15) is 13.1 Å². The number of rotatable bonds is 5. The van der Waals surface area contributed by atoms with Gasteiger partial charge in [0.2, 0.25) is 5.91 Å². The fourth-order valence-corrected chi connectivity index (χ4v) is 2.13. The number of carbonyl (C=O) groups is 2. The highest BCUT2D eigenvalue weighted by Crippen LogP contribution is 2.27. The summed E-state index contributed by atoms with van der Waals surface area (Å²) in [5.41, 5.74) is 0. The molecule has 1 aliphatic carbocycles. The highest BCUT2D eigenvalue weighted by Gasteiger charge is 2.23. The Morgan fingerprint density at radius 3 is 2.59 bits per heavy atom. The normalized spacial score (nSPS) is 15.3. The van der Waals surface area contributed by atoms with Crippen LogP contribution in [0.15, 0.2) is 0 Å². The third-order valence-corrected chi connectivity index (χ3v) is 3.10. The van der Waals surface area contributed by atoms with Crippen LogP contribution >= 0.6 is 0 Å². The van der Waals surface area contributed by atoms with Crippen molar-refractivity contribution in [2.45, 2.75) is 32.1 Å². The first-order valence-corrected chi connectivity index (χ1v) is 5.89. The molecule has 1 rings (SSSR count). The van der Waals surface area contributed by atoms with E-state index in [1.165, 1.54) is 24.9 Å². The van der Waals surface area contributed by atoms with Crippen molar-refractivity contribution in [3.05, 3.63) is 0 Å². The maximum absolute atomic E-state index is 11.9. The Balaban J connectivity index is 2.47. The highest BCUT2D eigenvalue weighted by atomic mass is 16.5. The molecule has 0 aromatic rings. The quantitative estimate of drug-likeness (QED) is 0.531. The Labute approximate surface area is 101 Å². The van der Waals surface area contributed by atoms with Crippen molar-refractivity contribution >= 4 is 11.9 Å². The van der Waals surface area contributed by atoms with Gasteiger partial charge in [0, 0.05) is 6.42 Å². The molecule has 17 heavy (non-hydrogen) atoms. The van der Waals surface area contributed by atoms with E-state index in [4.69, 9.17) is 5.26 Å². The Bertz CT molecular complexity index is 316. The van der Waals surface area contributed by atoms with Crippen molar-refractivity contribution in [2.75, 3.05) is 20.2 Å². The minimum atomic E-state index is -0.486. The summed E-state index contributed by atoms with van der Waals surface area (Å²) in [7, 11) is 1.27. The predicted octanol–water partition coefficient (Wildman–Crippen LogP) is 1.09. The number of nitrogens with zero attached hydrogens (tertiary/aromatic N) is 2. The minimum absolute atomic E-state index is 0.0549. The number of amides is 1. The summed E-state index contributed by atoms with van der Waals surface area (Å²) in [4.78, 5) is 24.3. The molecule has 0 N–H and O–H groups in total. The lowest BCUT2D eigenvalue weighted by atomic mass is 10.0. The van der Waals surface area contributed by atoms with E-state index >= 15 is 0 Å². The molecule has 1 saturated carbocycles. The summed E-state index contributed by atoms with van der Waals surface area (Å²) in [6.07, 6.45) is 4.94. The van der Waals surface area contributed by atoms with Gasteiger partial charge in [-0.15, -0.1) is 0 Å². The Kier molecular flexibility index (Phi) is 5.47. The lowest BCUT2D eigenvalue weighted by Crippen LogP contribution is -2.37. The van der Waals surface area contributed by atoms with E-state index < -0.39 is 5.97 Å². The predicted molar refractivity (Wildman–Crippen MR) is 60.8 cm³/mol. The van der Waals surface area contributed by atoms with Crippen molar-refractivity contribution < 1.29 is 14.3 Å². The summed E-state index contributed by atoms with van der Waals surface area (Å²) in [6, 6.07) is 1.90. The topological polar surface area (TPSA) is 70.4 Å². The molecule has 0 aliphatic heterocycles. The summed E-state index contributed by atoms with van der Waals surface area (Å²) in [6.45, 7) is -0.184. The number of hydrogen-bond acceptors (Lipinski definition) is 4. The second kappa shape index (κ2) is 6.89. The van der Waals surface area contributed by atoms with Crippen LogP contribution < -0.4 is 0 Å². The first kappa shape index (κ1) is 13.5. The van der Waals surface area contributed by atoms with Gasteiger partial charge in [-0.2, -0.15) is 5.26 Å². The standard InChI is InChI=1S/C12H18N2O3/c1-17-12(16)9-14(7-6-13)11(15)8-10-4-2-3-5-10/h10H,2-5,7-9H2,1H3. The molecule has 0 unspecified atom stereocenters. The van der Waals surface area contributed by atoms with Gasteiger partial charge < -0.3 is 9.64 Å². The largest absolute Gasteiger partial charge is 0.468 e. The van der Waals surface area contributed by atoms with E-state index in [0.717, 1.165) is 12.8 Å². The lowest BCUT2D eigenvalue weighted by Gasteiger charge is -2.19. The first-order chi connectivity index (χ1) is 8.17. The molecule has 0 aromatic carbocycles. The van der Waals surface area contributed by atoms with Crippen LogP contribution in [0.3, 0.4) is 0 Å². The minimum Gasteiger partial charge on any atom is -0.468 e. The van der Waals surface area contributed by atoms with Crippen molar-refractivity contribution in [1.29, 1.82) is 5.26 Å². The Morgan fingerprint density at radius 1 is 1.41 bits per heavy atom. The molecule has 0 bridgehead atoms. The van der Waals surface area contributed by atoms with Gasteiger partial charge >= 0.3 is 5.97 Å². The maximum Gasteiger partial charge on any atom is 0.325 e. The van der Waals surface area contributed by atoms with Crippen molar-refractivity contribution in [2.24, 2.45) is 5.92 Å². The summed E-state index contributed by atoms with van der Waals surface area (Å²) in [5, 5.41) is 8.64. The van der Waals surface area contributed by atoms with Crippen LogP contribution in [0.25, 0.3) is 0 Å². The average Bonchev–Trinajstić information content (AvgIpc) is 2.81. The van der Waals surface area contributed by atoms with Gasteiger partial charge in [0.15, 0.2) is 0 Å². The molecule has 0 aromatic heterocycles. The van der Waals surface area contributed by atoms with Crippen LogP contribution in [0.2, 0.25) is 0 Å². The molecule has 94 valence electrons. The van der Waals surface area contributed by atoms with E-state index in [-0.39, 0.29) is 19.0 Å². The monoisotopic (exact) mass is 238 g/mol. The summed E-state index contributed by atoms with van der Waals surface area (Å²) >= 11 is 0. The zero-order chi connectivity index (χ0) is 12.7. The van der Waals surface area contributed by atoms with Gasteiger partial charge in [-0.1, -0.05) is 12.8 Å². The second-order valence-corrected chi connectivity index (χ2v) is 4.34. The van der Waals surface area contributed by atoms with Gasteiger partial charge in [-0.25, -0.2) is 0 Å². The van der Waals surface area contributed by atoms with Gasteiger partial charge in [0.05, 0.1) is 13.2 Å². The van der Waals surface area contributed by atoms with Crippen molar-refractivity contribution in [1.82, 2.24) is 4.90 Å². The Morgan fingerprint density at radius 2 is 2.06 bits per heavy atom. The molecule has 0 atom stereocenters. The molecule has 1 amide bonds. The van der Waals surface area contributed by atoms with E-state index in [0.29, 0.717) is 12.3 Å². The van der Waals surface area contributed by atoms with Crippen LogP contribution in [0, 0.1) is 17.2 Å². The van der Waals surface area contributed by atoms with Gasteiger partial charge in [-0.3, -0.25) is 9.59 Å². The molecule has 0 spiro atoms. The third-order valence-electron chi connectivity index (χ3n) is 3.10. The van der Waals surface area contributed by atoms with Gasteiger partial charge in [0.25, 0.3) is 0 Å². The van der Waals surface area contributed by atoms with E-state index in [9.17, 15) is 9.59 Å². The fourth-order valence-electron chi connectivity index (χ4n) is 2.13. The molecular formula is C12H18N2O3. The molecular weight excluding hydrogens is 220 g/mol. The molecule has 0 heterocycles. The van der Waals surface area contributed by atoms with Crippen LogP contribution in [0.4, 0.5) is 0 Å². The first-order valence-electron chi connectivity index (χ1n) is 5.89. The zero-order valence-electron chi connectivity index (χ0n) is 10.1. The van der Waals surface area contributed by atoms with Crippen molar-refractivity contribution in [3.63, 3.8) is 0 Å². The van der Waals surface area contributed by atoms with E-state index in [2.05, 4.69) is 4.74 Å². The third kappa shape index (κ3) is 4.43. The number of nitriles is 1. The van der Waals surface area contributed by atoms with Crippen molar-refractivity contribution in [3.8, 4) is 6.07 Å². The number of carbonyl (C=O) groups excluding carboxylic acids is 2. The second-order valence-electron chi connectivity index (χ2n) is 4.34. The molecule has 0 saturated heterocycles. The van der Waals surface area contributed by atoms with Crippen LogP contribution in [-0.4, -0.2) is 37.0 Å². The lowest BCUT2D eigenvalue weighted by molar-refractivity contribution is -0.146. The fraction of sp³-hybridized carbons (Fsp3) is 0.750. The zero-order valence-corrected chi connectivity index (χ0v) is 10.1. The number of methoxy groups -OCH3 is 1. The highest BCUT2D eigenvalue weighted by molar-refractivity contribution is 5.82. The van der Waals surface area contributed by atoms with E-state index in [1.807, 2.05) is 6.07 Å². The Hall–Kier alpha value is -1.57. The molecule has 5 nitrogen and oxygen atoms in total. The average molecular weight is 238 g/mol. The molecule has 5 heteroatoms. The van der Waals surface area contributed by atoms with Gasteiger partial charge in [-0.05, 0) is 18.8 Å². The summed E-state index contributed by atoms with van der Waals surface area (Å²) in [5.74, 6) is -0.190. The molecule has 0 radical (unpaired) electrons. The van der Waals surface area contributed by atoms with Crippen LogP contribution in [0.1, 0.15) is 32.1 Å². The number of ether oxygens (including phenoxy) is 1. The van der Waals surface area contributed by atoms with Crippen LogP contribution in [0.5, 0.6) is 0 Å². The molecule has 1 aliphatic rings.